The van der Waals surface area contributed by atoms with Gasteiger partial charge in [-0.1, -0.05) is 107 Å². The van der Waals surface area contributed by atoms with E-state index < -0.39 is 11.9 Å². The first kappa shape index (κ1) is 30.9. The minimum atomic E-state index is -0.844. The summed E-state index contributed by atoms with van der Waals surface area (Å²) in [6, 6.07) is 0. The normalized spacial score (nSPS) is 15.4. The van der Waals surface area contributed by atoms with Gasteiger partial charge in [-0.05, 0) is 48.3 Å². The number of ether oxygens (including phenoxy) is 2. The molecule has 4 atom stereocenters. The molecule has 0 aliphatic rings. The monoisotopic (exact) mass is 454 g/mol. The van der Waals surface area contributed by atoms with Crippen molar-refractivity contribution >= 4 is 11.9 Å². The van der Waals surface area contributed by atoms with Gasteiger partial charge in [0.1, 0.15) is 0 Å². The second kappa shape index (κ2) is 18.4. The molecule has 0 radical (unpaired) electrons. The molecule has 0 aromatic rings. The van der Waals surface area contributed by atoms with Gasteiger partial charge in [-0.25, -0.2) is 9.59 Å². The molecule has 0 aromatic heterocycles. The summed E-state index contributed by atoms with van der Waals surface area (Å²) in [5, 5.41) is 0. The zero-order valence-corrected chi connectivity index (χ0v) is 22.6. The summed E-state index contributed by atoms with van der Waals surface area (Å²) in [6.07, 6.45) is 11.8. The largest absolute Gasteiger partial charge is 0.457 e. The fourth-order valence-corrected chi connectivity index (χ4v) is 4.88. The predicted octanol–water partition coefficient (Wildman–Crippen LogP) is 7.83. The second-order valence-corrected chi connectivity index (χ2v) is 10.0. The maximum absolute atomic E-state index is 12.2. The molecule has 0 fully saturated rings. The highest BCUT2D eigenvalue weighted by Crippen LogP contribution is 2.27. The fraction of sp³-hybridized carbons (Fsp3) is 0.929. The van der Waals surface area contributed by atoms with Crippen LogP contribution >= 0.6 is 0 Å². The molecule has 0 aliphatic carbocycles. The van der Waals surface area contributed by atoms with Gasteiger partial charge in [-0.3, -0.25) is 0 Å². The van der Waals surface area contributed by atoms with Crippen LogP contribution in [0.3, 0.4) is 0 Å². The Bertz CT molecular complexity index is 438. The zero-order chi connectivity index (χ0) is 24.5. The quantitative estimate of drug-likeness (QED) is 0.156. The smallest absolute Gasteiger partial charge is 0.417 e. The summed E-state index contributed by atoms with van der Waals surface area (Å²) < 4.78 is 10.6. The van der Waals surface area contributed by atoms with E-state index in [1.165, 1.54) is 38.5 Å². The first-order chi connectivity index (χ1) is 15.3. The van der Waals surface area contributed by atoms with Gasteiger partial charge in [-0.15, -0.1) is 0 Å². The SMILES string of the molecule is CCC(CC)CCC(CC)C(C)COC(=O)C(=O)OCC(C)C(CC)CCC(CC)CC. The van der Waals surface area contributed by atoms with E-state index in [9.17, 15) is 9.59 Å². The van der Waals surface area contributed by atoms with E-state index in [-0.39, 0.29) is 25.0 Å². The minimum Gasteiger partial charge on any atom is -0.457 e. The van der Waals surface area contributed by atoms with Crippen molar-refractivity contribution in [2.75, 3.05) is 13.2 Å². The lowest BCUT2D eigenvalue weighted by atomic mass is 9.84. The van der Waals surface area contributed by atoms with Crippen LogP contribution < -0.4 is 0 Å². The van der Waals surface area contributed by atoms with Crippen LogP contribution in [0.5, 0.6) is 0 Å². The molecule has 4 heteroatoms. The van der Waals surface area contributed by atoms with Gasteiger partial charge >= 0.3 is 11.9 Å². The van der Waals surface area contributed by atoms with Crippen molar-refractivity contribution < 1.29 is 19.1 Å². The Labute approximate surface area is 199 Å². The van der Waals surface area contributed by atoms with Gasteiger partial charge < -0.3 is 9.47 Å². The summed E-state index contributed by atoms with van der Waals surface area (Å²) >= 11 is 0. The molecular formula is C28H54O4. The average molecular weight is 455 g/mol. The Kier molecular flexibility index (Phi) is 17.8. The van der Waals surface area contributed by atoms with E-state index in [1.807, 2.05) is 0 Å². The highest BCUT2D eigenvalue weighted by molar-refractivity contribution is 6.29. The number of rotatable bonds is 18. The number of carbonyl (C=O) groups excluding carboxylic acids is 2. The Morgan fingerprint density at radius 2 is 0.844 bits per heavy atom. The van der Waals surface area contributed by atoms with E-state index in [0.29, 0.717) is 11.8 Å². The van der Waals surface area contributed by atoms with Crippen molar-refractivity contribution in [3.05, 3.63) is 0 Å². The molecule has 0 bridgehead atoms. The van der Waals surface area contributed by atoms with Crippen LogP contribution in [0.1, 0.15) is 120 Å². The molecule has 0 heterocycles. The molecule has 4 nitrogen and oxygen atoms in total. The first-order valence-corrected chi connectivity index (χ1v) is 13.6. The van der Waals surface area contributed by atoms with Gasteiger partial charge in [0.05, 0.1) is 13.2 Å². The molecule has 190 valence electrons. The van der Waals surface area contributed by atoms with Crippen LogP contribution in [0, 0.1) is 35.5 Å². The van der Waals surface area contributed by atoms with Gasteiger partial charge in [-0.2, -0.15) is 0 Å². The predicted molar refractivity (Wildman–Crippen MR) is 134 cm³/mol. The molecule has 0 rings (SSSR count). The van der Waals surface area contributed by atoms with Gasteiger partial charge in [0.25, 0.3) is 0 Å². The molecule has 0 saturated heterocycles. The Morgan fingerprint density at radius 1 is 0.531 bits per heavy atom. The summed E-state index contributed by atoms with van der Waals surface area (Å²) in [5.41, 5.74) is 0. The highest BCUT2D eigenvalue weighted by Gasteiger charge is 2.24. The number of hydrogen-bond donors (Lipinski definition) is 0. The Morgan fingerprint density at radius 3 is 1.09 bits per heavy atom. The third kappa shape index (κ3) is 12.3. The maximum Gasteiger partial charge on any atom is 0.417 e. The third-order valence-electron chi connectivity index (χ3n) is 7.98. The molecule has 0 aromatic carbocycles. The average Bonchev–Trinajstić information content (AvgIpc) is 2.81. The van der Waals surface area contributed by atoms with Crippen molar-refractivity contribution in [3.8, 4) is 0 Å². The van der Waals surface area contributed by atoms with Gasteiger partial charge in [0.2, 0.25) is 0 Å². The molecule has 0 spiro atoms. The minimum absolute atomic E-state index is 0.250. The zero-order valence-electron chi connectivity index (χ0n) is 22.6. The summed E-state index contributed by atoms with van der Waals surface area (Å²) in [7, 11) is 0. The van der Waals surface area contributed by atoms with Crippen molar-refractivity contribution in [2.24, 2.45) is 35.5 Å². The van der Waals surface area contributed by atoms with E-state index in [4.69, 9.17) is 9.47 Å². The molecule has 32 heavy (non-hydrogen) atoms. The lowest BCUT2D eigenvalue weighted by Crippen LogP contribution is -2.27. The summed E-state index contributed by atoms with van der Waals surface area (Å²) in [5.74, 6) is 1.39. The van der Waals surface area contributed by atoms with E-state index in [0.717, 1.165) is 37.5 Å². The summed E-state index contributed by atoms with van der Waals surface area (Å²) in [6.45, 7) is 18.2. The lowest BCUT2D eigenvalue weighted by molar-refractivity contribution is -0.169. The van der Waals surface area contributed by atoms with Gasteiger partial charge in [0, 0.05) is 0 Å². The highest BCUT2D eigenvalue weighted by atomic mass is 16.6. The number of hydrogen-bond acceptors (Lipinski definition) is 4. The van der Waals surface area contributed by atoms with Crippen LogP contribution in [-0.2, 0) is 19.1 Å². The molecule has 0 aliphatic heterocycles. The van der Waals surface area contributed by atoms with Crippen molar-refractivity contribution in [1.82, 2.24) is 0 Å². The van der Waals surface area contributed by atoms with Crippen LogP contribution in [-0.4, -0.2) is 25.2 Å². The summed E-state index contributed by atoms with van der Waals surface area (Å²) in [4.78, 5) is 24.3. The third-order valence-corrected chi connectivity index (χ3v) is 7.98. The van der Waals surface area contributed by atoms with Crippen LogP contribution in [0.4, 0.5) is 0 Å². The van der Waals surface area contributed by atoms with E-state index >= 15 is 0 Å². The Balaban J connectivity index is 4.41. The second-order valence-electron chi connectivity index (χ2n) is 10.0. The molecule has 0 amide bonds. The van der Waals surface area contributed by atoms with Crippen LogP contribution in [0.15, 0.2) is 0 Å². The van der Waals surface area contributed by atoms with Gasteiger partial charge in [0.15, 0.2) is 0 Å². The van der Waals surface area contributed by atoms with E-state index in [1.54, 1.807) is 0 Å². The van der Waals surface area contributed by atoms with Crippen molar-refractivity contribution in [3.63, 3.8) is 0 Å². The maximum atomic E-state index is 12.2. The molecular weight excluding hydrogens is 400 g/mol. The standard InChI is InChI=1S/C28H54O4/c1-9-23(10-2)15-17-25(13-5)21(7)19-31-27(29)28(30)32-20-22(8)26(14-6)18-16-24(11-3)12-4/h21-26H,9-20H2,1-8H3. The van der Waals surface area contributed by atoms with E-state index in [2.05, 4.69) is 55.4 Å². The molecule has 0 saturated carbocycles. The fourth-order valence-electron chi connectivity index (χ4n) is 4.88. The lowest BCUT2D eigenvalue weighted by Gasteiger charge is -2.25. The first-order valence-electron chi connectivity index (χ1n) is 13.6. The van der Waals surface area contributed by atoms with Crippen molar-refractivity contribution in [1.29, 1.82) is 0 Å². The van der Waals surface area contributed by atoms with Crippen LogP contribution in [0.25, 0.3) is 0 Å². The van der Waals surface area contributed by atoms with Crippen LogP contribution in [0.2, 0.25) is 0 Å². The van der Waals surface area contributed by atoms with Crippen molar-refractivity contribution in [2.45, 2.75) is 120 Å². The number of carbonyl (C=O) groups is 2. The molecule has 4 unspecified atom stereocenters. The molecule has 0 N–H and O–H groups in total. The number of esters is 2. The Hall–Kier alpha value is -1.06. The topological polar surface area (TPSA) is 52.6 Å².